The van der Waals surface area contributed by atoms with Crippen molar-refractivity contribution >= 4 is 30.8 Å². The number of nitrogen functional groups attached to an aromatic ring is 1. The first-order valence-corrected chi connectivity index (χ1v) is 5.07. The number of aryl methyl sites for hydroxylation is 1. The van der Waals surface area contributed by atoms with Gasteiger partial charge in [-0.25, -0.2) is 9.97 Å². The van der Waals surface area contributed by atoms with Gasteiger partial charge in [-0.1, -0.05) is 0 Å². The summed E-state index contributed by atoms with van der Waals surface area (Å²) in [7, 11) is 0. The molecule has 1 fully saturated rings. The van der Waals surface area contributed by atoms with Crippen molar-refractivity contribution in [1.29, 1.82) is 0 Å². The molecular weight excluding hydrogens is 247 g/mol. The highest BCUT2D eigenvalue weighted by Gasteiger charge is 2.18. The predicted octanol–water partition coefficient (Wildman–Crippen LogP) is 1.68. The van der Waals surface area contributed by atoms with Gasteiger partial charge in [0.15, 0.2) is 0 Å². The molecule has 3 N–H and O–H groups in total. The highest BCUT2D eigenvalue weighted by molar-refractivity contribution is 5.85. The summed E-state index contributed by atoms with van der Waals surface area (Å²) in [6.45, 7) is 4.21. The van der Waals surface area contributed by atoms with Gasteiger partial charge in [-0.2, -0.15) is 0 Å². The van der Waals surface area contributed by atoms with Crippen LogP contribution in [-0.2, 0) is 0 Å². The van der Waals surface area contributed by atoms with E-state index in [-0.39, 0.29) is 24.8 Å². The Balaban J connectivity index is 0.00000112. The lowest BCUT2D eigenvalue weighted by atomic mass is 9.92. The molecule has 92 valence electrons. The molecule has 1 aromatic heterocycles. The van der Waals surface area contributed by atoms with Gasteiger partial charge in [0.1, 0.15) is 0 Å². The third-order valence-electron chi connectivity index (χ3n) is 2.76. The fraction of sp³-hybridized carbons (Fsp3) is 0.600. The Morgan fingerprint density at radius 1 is 1.31 bits per heavy atom. The fourth-order valence-corrected chi connectivity index (χ4v) is 1.98. The molecule has 1 saturated heterocycles. The lowest BCUT2D eigenvalue weighted by molar-refractivity contribution is 0.451. The van der Waals surface area contributed by atoms with Crippen LogP contribution in [0.4, 0.5) is 5.95 Å². The normalized spacial score (nSPS) is 16.1. The second-order valence-electron chi connectivity index (χ2n) is 3.82. The number of nitrogens with one attached hydrogen (secondary N) is 1. The molecule has 0 amide bonds. The van der Waals surface area contributed by atoms with Gasteiger partial charge in [0.2, 0.25) is 5.95 Å². The summed E-state index contributed by atoms with van der Waals surface area (Å²) in [5.41, 5.74) is 7.89. The van der Waals surface area contributed by atoms with Gasteiger partial charge in [-0.05, 0) is 38.4 Å². The highest BCUT2D eigenvalue weighted by atomic mass is 35.5. The maximum Gasteiger partial charge on any atom is 0.220 e. The Labute approximate surface area is 108 Å². The average molecular weight is 265 g/mol. The predicted molar refractivity (Wildman–Crippen MR) is 70.5 cm³/mol. The van der Waals surface area contributed by atoms with Crippen molar-refractivity contribution in [3.05, 3.63) is 17.5 Å². The maximum absolute atomic E-state index is 5.60. The van der Waals surface area contributed by atoms with Crippen molar-refractivity contribution in [2.75, 3.05) is 18.8 Å². The molecule has 16 heavy (non-hydrogen) atoms. The molecule has 0 unspecified atom stereocenters. The van der Waals surface area contributed by atoms with Crippen molar-refractivity contribution < 1.29 is 0 Å². The molecular formula is C10H18Cl2N4. The van der Waals surface area contributed by atoms with E-state index in [1.165, 1.54) is 0 Å². The zero-order chi connectivity index (χ0) is 9.97. The standard InChI is InChI=1S/C10H16N4.2ClH/c1-7-6-13-10(11)14-9(7)8-2-4-12-5-3-8;;/h6,8,12H,2-5H2,1H3,(H2,11,13,14);2*1H. The van der Waals surface area contributed by atoms with Crippen LogP contribution in [0.25, 0.3) is 0 Å². The van der Waals surface area contributed by atoms with E-state index in [1.807, 2.05) is 6.20 Å². The molecule has 1 aliphatic rings. The van der Waals surface area contributed by atoms with E-state index in [4.69, 9.17) is 5.73 Å². The number of nitrogens with zero attached hydrogens (tertiary/aromatic N) is 2. The number of halogens is 2. The number of rotatable bonds is 1. The van der Waals surface area contributed by atoms with Crippen molar-refractivity contribution in [3.63, 3.8) is 0 Å². The number of piperidine rings is 1. The van der Waals surface area contributed by atoms with E-state index in [0.29, 0.717) is 11.9 Å². The van der Waals surface area contributed by atoms with Crippen LogP contribution in [0.5, 0.6) is 0 Å². The molecule has 2 rings (SSSR count). The van der Waals surface area contributed by atoms with Gasteiger partial charge in [0.25, 0.3) is 0 Å². The topological polar surface area (TPSA) is 63.8 Å². The van der Waals surface area contributed by atoms with Crippen LogP contribution in [0, 0.1) is 6.92 Å². The second kappa shape index (κ2) is 6.89. The molecule has 6 heteroatoms. The van der Waals surface area contributed by atoms with Gasteiger partial charge in [-0.3, -0.25) is 0 Å². The lowest BCUT2D eigenvalue weighted by Crippen LogP contribution is -2.27. The van der Waals surface area contributed by atoms with Crippen LogP contribution in [-0.4, -0.2) is 23.1 Å². The van der Waals surface area contributed by atoms with E-state index in [0.717, 1.165) is 37.2 Å². The van der Waals surface area contributed by atoms with Crippen LogP contribution in [0.3, 0.4) is 0 Å². The Morgan fingerprint density at radius 3 is 2.56 bits per heavy atom. The van der Waals surface area contributed by atoms with Gasteiger partial charge < -0.3 is 11.1 Å². The first kappa shape index (κ1) is 15.4. The number of nitrogens with two attached hydrogens (primary N) is 1. The molecule has 1 aromatic rings. The number of hydrogen-bond donors (Lipinski definition) is 2. The molecule has 0 aliphatic carbocycles. The van der Waals surface area contributed by atoms with Crippen LogP contribution in [0.1, 0.15) is 30.0 Å². The fourth-order valence-electron chi connectivity index (χ4n) is 1.98. The first-order valence-electron chi connectivity index (χ1n) is 5.07. The van der Waals surface area contributed by atoms with E-state index >= 15 is 0 Å². The summed E-state index contributed by atoms with van der Waals surface area (Å²) < 4.78 is 0. The van der Waals surface area contributed by atoms with Gasteiger partial charge in [0.05, 0.1) is 5.69 Å². The van der Waals surface area contributed by atoms with Crippen molar-refractivity contribution in [2.24, 2.45) is 0 Å². The summed E-state index contributed by atoms with van der Waals surface area (Å²) in [4.78, 5) is 8.32. The van der Waals surface area contributed by atoms with E-state index < -0.39 is 0 Å². The Kier molecular flexibility index (Phi) is 6.64. The largest absolute Gasteiger partial charge is 0.368 e. The maximum atomic E-state index is 5.60. The first-order chi connectivity index (χ1) is 6.77. The SMILES string of the molecule is Cc1cnc(N)nc1C1CCNCC1.Cl.Cl. The molecule has 4 nitrogen and oxygen atoms in total. The van der Waals surface area contributed by atoms with Crippen LogP contribution < -0.4 is 11.1 Å². The molecule has 0 aromatic carbocycles. The summed E-state index contributed by atoms with van der Waals surface area (Å²) in [6.07, 6.45) is 4.12. The molecule has 0 bridgehead atoms. The zero-order valence-electron chi connectivity index (χ0n) is 9.27. The van der Waals surface area contributed by atoms with E-state index in [1.54, 1.807) is 0 Å². The van der Waals surface area contributed by atoms with Gasteiger partial charge in [0, 0.05) is 12.1 Å². The van der Waals surface area contributed by atoms with Gasteiger partial charge in [-0.15, -0.1) is 24.8 Å². The molecule has 0 spiro atoms. The van der Waals surface area contributed by atoms with Crippen LogP contribution in [0.2, 0.25) is 0 Å². The minimum absolute atomic E-state index is 0. The van der Waals surface area contributed by atoms with Gasteiger partial charge >= 0.3 is 0 Å². The molecule has 0 atom stereocenters. The summed E-state index contributed by atoms with van der Waals surface area (Å²) >= 11 is 0. The van der Waals surface area contributed by atoms with Crippen molar-refractivity contribution in [2.45, 2.75) is 25.7 Å². The van der Waals surface area contributed by atoms with Crippen LogP contribution >= 0.6 is 24.8 Å². The average Bonchev–Trinajstić information content (AvgIpc) is 2.23. The van der Waals surface area contributed by atoms with Crippen molar-refractivity contribution in [3.8, 4) is 0 Å². The summed E-state index contributed by atoms with van der Waals surface area (Å²) in [5, 5.41) is 3.34. The monoisotopic (exact) mass is 264 g/mol. The molecule has 1 aliphatic heterocycles. The van der Waals surface area contributed by atoms with E-state index in [9.17, 15) is 0 Å². The Morgan fingerprint density at radius 2 is 1.94 bits per heavy atom. The Hall–Kier alpha value is -0.580. The number of hydrogen-bond acceptors (Lipinski definition) is 4. The second-order valence-corrected chi connectivity index (χ2v) is 3.82. The molecule has 0 saturated carbocycles. The summed E-state index contributed by atoms with van der Waals surface area (Å²) in [5.74, 6) is 0.950. The lowest BCUT2D eigenvalue weighted by Gasteiger charge is -2.23. The Bertz CT molecular complexity index is 327. The third kappa shape index (κ3) is 3.47. The number of anilines is 1. The third-order valence-corrected chi connectivity index (χ3v) is 2.76. The van der Waals surface area contributed by atoms with Crippen molar-refractivity contribution in [1.82, 2.24) is 15.3 Å². The van der Waals surface area contributed by atoms with Crippen LogP contribution in [0.15, 0.2) is 6.20 Å². The molecule has 0 radical (unpaired) electrons. The summed E-state index contributed by atoms with van der Waals surface area (Å²) in [6, 6.07) is 0. The minimum Gasteiger partial charge on any atom is -0.368 e. The number of aromatic nitrogens is 2. The minimum atomic E-state index is 0. The molecule has 2 heterocycles. The highest BCUT2D eigenvalue weighted by Crippen LogP contribution is 2.25. The quantitative estimate of drug-likeness (QED) is 0.810. The zero-order valence-corrected chi connectivity index (χ0v) is 10.9. The van der Waals surface area contributed by atoms with E-state index in [2.05, 4.69) is 22.2 Å². The smallest absolute Gasteiger partial charge is 0.220 e.